The van der Waals surface area contributed by atoms with Crippen molar-refractivity contribution in [3.8, 4) is 0 Å². The molecule has 15 heteroatoms. The molecule has 15 radical (unpaired) electrons. The van der Waals surface area contributed by atoms with Crippen molar-refractivity contribution in [2.45, 2.75) is 12.8 Å². The molecule has 0 unspecified atom stereocenters. The van der Waals surface area contributed by atoms with Crippen LogP contribution in [0.5, 0.6) is 0 Å². The zero-order valence-corrected chi connectivity index (χ0v) is 59.8. The molecule has 2 aromatic rings. The molecule has 2 aromatic carbocycles. The predicted molar refractivity (Wildman–Crippen MR) is 62.3 cm³/mol. The average molecular weight is 1530 g/mol. The maximum absolute atomic E-state index is 3.21. The minimum atomic E-state index is 0. The van der Waals surface area contributed by atoms with Crippen molar-refractivity contribution in [2.75, 3.05) is 0 Å². The first kappa shape index (κ1) is 90.7. The van der Waals surface area contributed by atoms with Gasteiger partial charge in [-0.05, 0) is 0 Å². The van der Waals surface area contributed by atoms with Crippen molar-refractivity contribution < 1.29 is 491 Å². The Morgan fingerprint density at radius 3 is 0.900 bits per heavy atom. The molecule has 0 N–H and O–H groups in total. The number of hydrogen-bond donors (Lipinski definition) is 0. The van der Waals surface area contributed by atoms with Gasteiger partial charge in [0.05, 0.1) is 0 Å². The molecule has 30 heavy (non-hydrogen) atoms. The van der Waals surface area contributed by atoms with Crippen molar-refractivity contribution in [3.05, 3.63) is 78.2 Å². The van der Waals surface area contributed by atoms with Crippen LogP contribution in [0.1, 0.15) is 11.1 Å². The van der Waals surface area contributed by atoms with E-state index in [0.717, 1.165) is 12.8 Å². The van der Waals surface area contributed by atoms with Crippen LogP contribution in [0, 0.1) is 18.6 Å². The Balaban J connectivity index is -0.0000000142. The van der Waals surface area contributed by atoms with Gasteiger partial charge in [0.1, 0.15) is 0 Å². The van der Waals surface area contributed by atoms with Gasteiger partial charge < -0.3 is 6.42 Å². The fraction of sp³-hybridized carbons (Fsp3) is 0.133. The van der Waals surface area contributed by atoms with Gasteiger partial charge >= 0.3 is 0 Å². The van der Waals surface area contributed by atoms with Gasteiger partial charge in [-0.3, -0.25) is 0 Å². The second kappa shape index (κ2) is 70.4. The van der Waals surface area contributed by atoms with Crippen LogP contribution in [0.25, 0.3) is 0 Å². The van der Waals surface area contributed by atoms with E-state index >= 15 is 0 Å². The molecule has 0 bridgehead atoms. The summed E-state index contributed by atoms with van der Waals surface area (Å²) >= 11 is 0. The third-order valence-corrected chi connectivity index (χ3v) is 2.28. The first-order valence-electron chi connectivity index (χ1n) is 5.18. The minimum absolute atomic E-state index is 0. The van der Waals surface area contributed by atoms with E-state index in [2.05, 4.69) is 30.7 Å². The van der Waals surface area contributed by atoms with Crippen LogP contribution >= 0.6 is 0 Å². The number of hydrogen-bond acceptors (Lipinski definition) is 0. The summed E-state index contributed by atoms with van der Waals surface area (Å²) in [5, 5.41) is 0. The zero-order valence-electron chi connectivity index (χ0n) is 17.3. The third-order valence-electron chi connectivity index (χ3n) is 2.28. The smallest absolute Gasteiger partial charge is 0 e. The van der Waals surface area contributed by atoms with Gasteiger partial charge in [-0.15, -0.1) is 0 Å². The second-order valence-corrected chi connectivity index (χ2v) is 3.47. The van der Waals surface area contributed by atoms with Crippen molar-refractivity contribution in [3.63, 3.8) is 0 Å². The fourth-order valence-corrected chi connectivity index (χ4v) is 1.50. The Labute approximate surface area is 562 Å². The van der Waals surface area contributed by atoms with E-state index in [4.69, 9.17) is 0 Å². The van der Waals surface area contributed by atoms with Crippen molar-refractivity contribution in [2.24, 2.45) is 0 Å². The SMILES string of the molecule is [Y].[Y].[Y].[Y].[Y].[Y].[Y].[Y].[Y].[Y].[Y].[Y].[Y].[Y].[Y].[c-]1ccccc1C[CH-]Cc1[c-]cccc1. The fourth-order valence-electron chi connectivity index (χ4n) is 1.50. The second-order valence-electron chi connectivity index (χ2n) is 3.47. The monoisotopic (exact) mass is 1530 g/mol. The summed E-state index contributed by atoms with van der Waals surface area (Å²) < 4.78 is 0. The molecular formula is C15H13Y15-3. The normalized spacial score (nSPS) is 5.07. The van der Waals surface area contributed by atoms with E-state index in [1.54, 1.807) is 0 Å². The van der Waals surface area contributed by atoms with Crippen LogP contribution in [0.4, 0.5) is 0 Å². The van der Waals surface area contributed by atoms with Gasteiger partial charge in [-0.2, -0.15) is 84.6 Å². The van der Waals surface area contributed by atoms with E-state index in [0.29, 0.717) is 0 Å². The summed E-state index contributed by atoms with van der Waals surface area (Å²) in [6.07, 6.45) is 4.21. The molecule has 0 saturated heterocycles. The summed E-state index contributed by atoms with van der Waals surface area (Å²) in [4.78, 5) is 0. The predicted octanol–water partition coefficient (Wildman–Crippen LogP) is 3.24. The van der Waals surface area contributed by atoms with Crippen LogP contribution < -0.4 is 0 Å². The van der Waals surface area contributed by atoms with Gasteiger partial charge in [-0.25, -0.2) is 0 Å². The molecule has 0 heterocycles. The summed E-state index contributed by atoms with van der Waals surface area (Å²) in [7, 11) is 0. The molecule has 0 nitrogen and oxygen atoms in total. The Bertz CT molecular complexity index is 366. The summed E-state index contributed by atoms with van der Waals surface area (Å²) in [5.41, 5.74) is 2.49. The average Bonchev–Trinajstić information content (AvgIpc) is 2.32. The maximum Gasteiger partial charge on any atom is 0 e. The first-order chi connectivity index (χ1) is 7.45. The van der Waals surface area contributed by atoms with E-state index in [-0.39, 0.29) is 491 Å². The molecule has 0 fully saturated rings. The van der Waals surface area contributed by atoms with Gasteiger partial charge in [0, 0.05) is 491 Å². The molecule has 0 aliphatic rings. The van der Waals surface area contributed by atoms with E-state index in [9.17, 15) is 0 Å². The Kier molecular flexibility index (Phi) is 213. The third kappa shape index (κ3) is 55.4. The summed E-state index contributed by atoms with van der Waals surface area (Å²) in [5.74, 6) is 0. The molecule has 0 aromatic heterocycles. The molecule has 0 aliphatic carbocycles. The Morgan fingerprint density at radius 2 is 0.700 bits per heavy atom. The van der Waals surface area contributed by atoms with Gasteiger partial charge in [-0.1, -0.05) is 0 Å². The minimum Gasteiger partial charge on any atom is -0.324 e. The van der Waals surface area contributed by atoms with E-state index in [1.807, 2.05) is 36.4 Å². The maximum atomic E-state index is 3.21. The molecule has 0 amide bonds. The van der Waals surface area contributed by atoms with Crippen molar-refractivity contribution in [1.29, 1.82) is 0 Å². The quantitative estimate of drug-likeness (QED) is 0.414. The van der Waals surface area contributed by atoms with Gasteiger partial charge in [0.25, 0.3) is 0 Å². The van der Waals surface area contributed by atoms with Crippen LogP contribution in [-0.2, 0) is 503 Å². The van der Waals surface area contributed by atoms with Crippen LogP contribution in [-0.4, -0.2) is 0 Å². The van der Waals surface area contributed by atoms with Gasteiger partial charge in [0.2, 0.25) is 0 Å². The molecule has 0 atom stereocenters. The number of rotatable bonds is 4. The van der Waals surface area contributed by atoms with Crippen molar-refractivity contribution in [1.82, 2.24) is 0 Å². The van der Waals surface area contributed by atoms with Gasteiger partial charge in [0.15, 0.2) is 0 Å². The molecule has 2 rings (SSSR count). The van der Waals surface area contributed by atoms with E-state index in [1.165, 1.54) is 11.1 Å². The topological polar surface area (TPSA) is 0 Å². The summed E-state index contributed by atoms with van der Waals surface area (Å²) in [6, 6.07) is 22.6. The standard InChI is InChI=1S/C15H13.15Y/c1-3-8-14(9-4-1)12-7-13-15-10-5-2-6-11-15;;;;;;;;;;;;;;;/h1-8,10H,12-13H2;;;;;;;;;;;;;;;/q-3;;;;;;;;;;;;;;;. The largest absolute Gasteiger partial charge is 0.324 e. The number of benzene rings is 2. The summed E-state index contributed by atoms with van der Waals surface area (Å²) in [6.45, 7) is 0. The zero-order chi connectivity index (χ0) is 10.3. The van der Waals surface area contributed by atoms with Crippen molar-refractivity contribution >= 4 is 0 Å². The van der Waals surface area contributed by atoms with E-state index < -0.39 is 0 Å². The molecule has 0 spiro atoms. The molecule has 121 valence electrons. The molecule has 0 saturated carbocycles. The Morgan fingerprint density at radius 1 is 0.433 bits per heavy atom. The van der Waals surface area contributed by atoms with Crippen LogP contribution in [0.2, 0.25) is 0 Å². The Hall–Kier alpha value is 15.0. The van der Waals surface area contributed by atoms with Crippen LogP contribution in [0.3, 0.4) is 0 Å². The molecule has 0 aliphatic heterocycles. The first-order valence-corrected chi connectivity index (χ1v) is 5.18. The molecular weight excluding hydrogens is 1510 g/mol. The van der Waals surface area contributed by atoms with Crippen LogP contribution in [0.15, 0.2) is 48.5 Å².